The number of methoxy groups -OCH3 is 2. The Morgan fingerprint density at radius 3 is 2.43 bits per heavy atom. The van der Waals surface area contributed by atoms with Crippen LogP contribution in [0.2, 0.25) is 0 Å². The van der Waals surface area contributed by atoms with Crippen LogP contribution >= 0.6 is 11.8 Å². The molecule has 28 heavy (non-hydrogen) atoms. The molecule has 0 radical (unpaired) electrons. The zero-order chi connectivity index (χ0) is 20.1. The third kappa shape index (κ3) is 4.83. The SMILES string of the molecule is COc1cc(OC)cc(C(=O)Nc2nnc(-c3cccc(SC(C)C)c3)o2)c1. The molecule has 0 saturated heterocycles. The van der Waals surface area contributed by atoms with Crippen LogP contribution in [0.5, 0.6) is 11.5 Å². The normalized spacial score (nSPS) is 10.8. The van der Waals surface area contributed by atoms with Gasteiger partial charge >= 0.3 is 6.01 Å². The molecular formula is C20H21N3O4S. The minimum Gasteiger partial charge on any atom is -0.497 e. The molecule has 3 aromatic rings. The Bertz CT molecular complexity index is 949. The summed E-state index contributed by atoms with van der Waals surface area (Å²) in [6.45, 7) is 4.26. The van der Waals surface area contributed by atoms with Crippen molar-refractivity contribution in [2.24, 2.45) is 0 Å². The Balaban J connectivity index is 1.77. The molecule has 0 spiro atoms. The molecule has 0 bridgehead atoms. The Morgan fingerprint density at radius 2 is 1.79 bits per heavy atom. The molecule has 0 fully saturated rings. The molecule has 1 aromatic heterocycles. The third-order valence-corrected chi connectivity index (χ3v) is 4.71. The number of ether oxygens (including phenoxy) is 2. The number of carbonyl (C=O) groups excluding carboxylic acids is 1. The van der Waals surface area contributed by atoms with Gasteiger partial charge in [0.2, 0.25) is 5.89 Å². The quantitative estimate of drug-likeness (QED) is 0.585. The first-order valence-electron chi connectivity index (χ1n) is 8.63. The van der Waals surface area contributed by atoms with Crippen molar-refractivity contribution in [1.29, 1.82) is 0 Å². The van der Waals surface area contributed by atoms with Crippen LogP contribution in [-0.4, -0.2) is 35.6 Å². The van der Waals surface area contributed by atoms with Gasteiger partial charge in [-0.3, -0.25) is 10.1 Å². The maximum atomic E-state index is 12.5. The molecule has 3 rings (SSSR count). The molecule has 2 aromatic carbocycles. The molecule has 1 heterocycles. The van der Waals surface area contributed by atoms with E-state index in [0.29, 0.717) is 28.2 Å². The zero-order valence-electron chi connectivity index (χ0n) is 16.1. The lowest BCUT2D eigenvalue weighted by atomic mass is 10.2. The van der Waals surface area contributed by atoms with Gasteiger partial charge in [0.05, 0.1) is 14.2 Å². The van der Waals surface area contributed by atoms with Crippen LogP contribution in [0.3, 0.4) is 0 Å². The minimum absolute atomic E-state index is 0.0173. The highest BCUT2D eigenvalue weighted by atomic mass is 32.2. The van der Waals surface area contributed by atoms with Crippen molar-refractivity contribution in [2.45, 2.75) is 24.0 Å². The molecule has 0 saturated carbocycles. The number of aromatic nitrogens is 2. The second-order valence-corrected chi connectivity index (χ2v) is 7.81. The van der Waals surface area contributed by atoms with Crippen molar-refractivity contribution >= 4 is 23.7 Å². The predicted molar refractivity (Wildman–Crippen MR) is 108 cm³/mol. The van der Waals surface area contributed by atoms with Gasteiger partial charge < -0.3 is 13.9 Å². The smallest absolute Gasteiger partial charge is 0.322 e. The van der Waals surface area contributed by atoms with Crippen molar-refractivity contribution in [2.75, 3.05) is 19.5 Å². The minimum atomic E-state index is -0.406. The second kappa shape index (κ2) is 8.79. The summed E-state index contributed by atoms with van der Waals surface area (Å²) in [4.78, 5) is 13.6. The summed E-state index contributed by atoms with van der Waals surface area (Å²) in [7, 11) is 3.04. The molecular weight excluding hydrogens is 378 g/mol. The molecule has 7 nitrogen and oxygen atoms in total. The second-order valence-electron chi connectivity index (χ2n) is 6.16. The van der Waals surface area contributed by atoms with Gasteiger partial charge in [0.25, 0.3) is 5.91 Å². The van der Waals surface area contributed by atoms with E-state index in [9.17, 15) is 4.79 Å². The number of carbonyl (C=O) groups is 1. The van der Waals surface area contributed by atoms with Crippen molar-refractivity contribution in [3.8, 4) is 23.0 Å². The lowest BCUT2D eigenvalue weighted by Gasteiger charge is -2.07. The molecule has 0 aliphatic rings. The van der Waals surface area contributed by atoms with Crippen molar-refractivity contribution in [3.63, 3.8) is 0 Å². The van der Waals surface area contributed by atoms with E-state index in [4.69, 9.17) is 13.9 Å². The highest BCUT2D eigenvalue weighted by Gasteiger charge is 2.15. The highest BCUT2D eigenvalue weighted by molar-refractivity contribution is 7.99. The Kier molecular flexibility index (Phi) is 6.20. The summed E-state index contributed by atoms with van der Waals surface area (Å²) in [5, 5.41) is 11.0. The van der Waals surface area contributed by atoms with E-state index in [2.05, 4.69) is 29.4 Å². The zero-order valence-corrected chi connectivity index (χ0v) is 16.9. The number of nitrogens with zero attached hydrogens (tertiary/aromatic N) is 2. The summed E-state index contributed by atoms with van der Waals surface area (Å²) in [6.07, 6.45) is 0. The topological polar surface area (TPSA) is 86.5 Å². The fraction of sp³-hybridized carbons (Fsp3) is 0.250. The average molecular weight is 399 g/mol. The number of nitrogens with one attached hydrogen (secondary N) is 1. The molecule has 8 heteroatoms. The first-order chi connectivity index (χ1) is 13.5. The van der Waals surface area contributed by atoms with Crippen LogP contribution in [0.1, 0.15) is 24.2 Å². The van der Waals surface area contributed by atoms with Gasteiger partial charge in [-0.25, -0.2) is 0 Å². The number of hydrogen-bond acceptors (Lipinski definition) is 7. The average Bonchev–Trinajstić information content (AvgIpc) is 3.15. The monoisotopic (exact) mass is 399 g/mol. The predicted octanol–water partition coefficient (Wildman–Crippen LogP) is 4.51. The number of thioether (sulfide) groups is 1. The van der Waals surface area contributed by atoms with Gasteiger partial charge in [-0.15, -0.1) is 16.9 Å². The lowest BCUT2D eigenvalue weighted by Crippen LogP contribution is -2.12. The number of rotatable bonds is 7. The lowest BCUT2D eigenvalue weighted by molar-refractivity contribution is 0.102. The Hall–Kier alpha value is -3.00. The van der Waals surface area contributed by atoms with Gasteiger partial charge in [0, 0.05) is 27.3 Å². The van der Waals surface area contributed by atoms with Crippen molar-refractivity contribution in [3.05, 3.63) is 48.0 Å². The maximum Gasteiger partial charge on any atom is 0.322 e. The fourth-order valence-electron chi connectivity index (χ4n) is 2.47. The third-order valence-electron chi connectivity index (χ3n) is 3.71. The molecule has 0 atom stereocenters. The van der Waals surface area contributed by atoms with Gasteiger partial charge in [0.15, 0.2) is 0 Å². The number of anilines is 1. The summed E-state index contributed by atoms with van der Waals surface area (Å²) in [5.74, 6) is 0.951. The van der Waals surface area contributed by atoms with E-state index in [1.54, 1.807) is 30.0 Å². The van der Waals surface area contributed by atoms with E-state index in [1.165, 1.54) is 14.2 Å². The van der Waals surface area contributed by atoms with Gasteiger partial charge in [-0.05, 0) is 30.3 Å². The van der Waals surface area contributed by atoms with Crippen LogP contribution in [0, 0.1) is 0 Å². The van der Waals surface area contributed by atoms with Crippen LogP contribution in [0.15, 0.2) is 51.8 Å². The van der Waals surface area contributed by atoms with E-state index in [-0.39, 0.29) is 6.01 Å². The highest BCUT2D eigenvalue weighted by Crippen LogP contribution is 2.28. The Morgan fingerprint density at radius 1 is 1.07 bits per heavy atom. The first kappa shape index (κ1) is 19.8. The van der Waals surface area contributed by atoms with Gasteiger partial charge in [-0.2, -0.15) is 0 Å². The van der Waals surface area contributed by atoms with E-state index in [1.807, 2.05) is 24.3 Å². The molecule has 0 aliphatic heterocycles. The van der Waals surface area contributed by atoms with Crippen LogP contribution in [0.25, 0.3) is 11.5 Å². The number of hydrogen-bond donors (Lipinski definition) is 1. The van der Waals surface area contributed by atoms with E-state index >= 15 is 0 Å². The Labute approximate surface area is 167 Å². The molecule has 0 aliphatic carbocycles. The largest absolute Gasteiger partial charge is 0.497 e. The summed E-state index contributed by atoms with van der Waals surface area (Å²) >= 11 is 1.75. The van der Waals surface area contributed by atoms with E-state index in [0.717, 1.165) is 10.5 Å². The van der Waals surface area contributed by atoms with Crippen LogP contribution in [-0.2, 0) is 0 Å². The van der Waals surface area contributed by atoms with E-state index < -0.39 is 5.91 Å². The molecule has 1 amide bonds. The number of amides is 1. The fourth-order valence-corrected chi connectivity index (χ4v) is 3.37. The van der Waals surface area contributed by atoms with Crippen molar-refractivity contribution < 1.29 is 18.7 Å². The maximum absolute atomic E-state index is 12.5. The van der Waals surface area contributed by atoms with Crippen molar-refractivity contribution in [1.82, 2.24) is 10.2 Å². The molecule has 1 N–H and O–H groups in total. The van der Waals surface area contributed by atoms with Gasteiger partial charge in [0.1, 0.15) is 11.5 Å². The van der Waals surface area contributed by atoms with Crippen LogP contribution in [0.4, 0.5) is 6.01 Å². The van der Waals surface area contributed by atoms with Crippen LogP contribution < -0.4 is 14.8 Å². The standard InChI is InChI=1S/C20H21N3O4S/c1-12(2)28-17-7-5-6-13(10-17)19-22-23-20(27-19)21-18(24)14-8-15(25-3)11-16(9-14)26-4/h5-12H,1-4H3,(H,21,23,24). The number of benzene rings is 2. The summed E-state index contributed by atoms with van der Waals surface area (Å²) in [6, 6.07) is 12.7. The summed E-state index contributed by atoms with van der Waals surface area (Å²) < 4.78 is 16.0. The molecule has 0 unspecified atom stereocenters. The molecule has 146 valence electrons. The van der Waals surface area contributed by atoms with Gasteiger partial charge in [-0.1, -0.05) is 25.0 Å². The summed E-state index contributed by atoms with van der Waals surface area (Å²) in [5.41, 5.74) is 1.15. The first-order valence-corrected chi connectivity index (χ1v) is 9.51.